The lowest BCUT2D eigenvalue weighted by atomic mass is 10.1. The van der Waals surface area contributed by atoms with Gasteiger partial charge in [0.2, 0.25) is 5.91 Å². The van der Waals surface area contributed by atoms with Crippen molar-refractivity contribution >= 4 is 39.8 Å². The molecule has 0 atom stereocenters. The number of carbonyl (C=O) groups excluding carboxylic acids is 1. The van der Waals surface area contributed by atoms with E-state index in [-0.39, 0.29) is 11.7 Å². The van der Waals surface area contributed by atoms with Crippen LogP contribution < -0.4 is 11.1 Å². The summed E-state index contributed by atoms with van der Waals surface area (Å²) in [7, 11) is 0. The molecule has 1 heterocycles. The highest BCUT2D eigenvalue weighted by molar-refractivity contribution is 7.99. The molecule has 6 nitrogen and oxygen atoms in total. The van der Waals surface area contributed by atoms with Crippen molar-refractivity contribution in [3.8, 4) is 11.4 Å². The smallest absolute Gasteiger partial charge is 0.234 e. The van der Waals surface area contributed by atoms with Gasteiger partial charge >= 0.3 is 0 Å². The van der Waals surface area contributed by atoms with E-state index in [9.17, 15) is 4.79 Å². The second-order valence-corrected chi connectivity index (χ2v) is 7.48. The lowest BCUT2D eigenvalue weighted by molar-refractivity contribution is -0.113. The van der Waals surface area contributed by atoms with Crippen LogP contribution in [0.15, 0.2) is 71.9 Å². The van der Waals surface area contributed by atoms with Crippen molar-refractivity contribution < 1.29 is 4.79 Å². The summed E-state index contributed by atoms with van der Waals surface area (Å²) in [5, 5.41) is 14.4. The largest absolute Gasteiger partial charge is 0.399 e. The zero-order valence-electron chi connectivity index (χ0n) is 16.0. The Morgan fingerprint density at radius 2 is 1.86 bits per heavy atom. The minimum atomic E-state index is -0.0810. The SMILES string of the molecule is CCn1c(SCC(=O)Nc2cccc3ccccc23)nnc1-c1cccc(N)c1. The number of anilines is 2. The Balaban J connectivity index is 1.48. The first-order valence-corrected chi connectivity index (χ1v) is 10.3. The predicted octanol–water partition coefficient (Wildman–Crippen LogP) is 4.43. The van der Waals surface area contributed by atoms with Crippen LogP contribution in [0.4, 0.5) is 11.4 Å². The van der Waals surface area contributed by atoms with Crippen LogP contribution in [0.3, 0.4) is 0 Å². The third kappa shape index (κ3) is 4.09. The van der Waals surface area contributed by atoms with Gasteiger partial charge in [-0.15, -0.1) is 10.2 Å². The molecule has 0 bridgehead atoms. The van der Waals surface area contributed by atoms with Crippen molar-refractivity contribution in [1.29, 1.82) is 0 Å². The van der Waals surface area contributed by atoms with Crippen LogP contribution in [-0.4, -0.2) is 26.4 Å². The first-order valence-electron chi connectivity index (χ1n) is 9.35. The number of fused-ring (bicyclic) bond motifs is 1. The van der Waals surface area contributed by atoms with Gasteiger partial charge in [-0.2, -0.15) is 0 Å². The summed E-state index contributed by atoms with van der Waals surface area (Å²) < 4.78 is 1.99. The molecule has 0 spiro atoms. The Bertz CT molecular complexity index is 1170. The minimum Gasteiger partial charge on any atom is -0.399 e. The normalized spacial score (nSPS) is 10.9. The van der Waals surface area contributed by atoms with Gasteiger partial charge in [0, 0.05) is 28.9 Å². The molecule has 3 N–H and O–H groups in total. The number of aromatic nitrogens is 3. The van der Waals surface area contributed by atoms with Crippen LogP contribution in [0, 0.1) is 0 Å². The number of hydrogen-bond donors (Lipinski definition) is 2. The van der Waals surface area contributed by atoms with E-state index in [1.165, 1.54) is 11.8 Å². The topological polar surface area (TPSA) is 85.8 Å². The summed E-state index contributed by atoms with van der Waals surface area (Å²) in [5.41, 5.74) is 8.29. The number of nitrogens with zero attached hydrogens (tertiary/aromatic N) is 3. The molecule has 0 unspecified atom stereocenters. The van der Waals surface area contributed by atoms with Crippen molar-refractivity contribution in [2.75, 3.05) is 16.8 Å². The van der Waals surface area contributed by atoms with E-state index >= 15 is 0 Å². The fourth-order valence-electron chi connectivity index (χ4n) is 3.22. The van der Waals surface area contributed by atoms with Crippen LogP contribution in [0.25, 0.3) is 22.2 Å². The maximum Gasteiger partial charge on any atom is 0.234 e. The second-order valence-electron chi connectivity index (χ2n) is 6.54. The van der Waals surface area contributed by atoms with E-state index in [2.05, 4.69) is 15.5 Å². The van der Waals surface area contributed by atoms with Gasteiger partial charge in [0.15, 0.2) is 11.0 Å². The van der Waals surface area contributed by atoms with Crippen LogP contribution in [0.1, 0.15) is 6.92 Å². The van der Waals surface area contributed by atoms with Crippen LogP contribution in [0.5, 0.6) is 0 Å². The summed E-state index contributed by atoms with van der Waals surface area (Å²) in [6.45, 7) is 2.73. The summed E-state index contributed by atoms with van der Waals surface area (Å²) >= 11 is 1.37. The van der Waals surface area contributed by atoms with Crippen molar-refractivity contribution in [3.05, 3.63) is 66.7 Å². The molecule has 3 aromatic carbocycles. The van der Waals surface area contributed by atoms with E-state index in [0.717, 1.165) is 27.8 Å². The zero-order valence-corrected chi connectivity index (χ0v) is 16.8. The predicted molar refractivity (Wildman–Crippen MR) is 119 cm³/mol. The van der Waals surface area contributed by atoms with E-state index in [1.54, 1.807) is 0 Å². The fourth-order valence-corrected chi connectivity index (χ4v) is 4.02. The molecular weight excluding hydrogens is 382 g/mol. The molecule has 0 fully saturated rings. The van der Waals surface area contributed by atoms with Crippen LogP contribution >= 0.6 is 11.8 Å². The molecule has 4 aromatic rings. The molecule has 7 heteroatoms. The Morgan fingerprint density at radius 3 is 2.69 bits per heavy atom. The van der Waals surface area contributed by atoms with Gasteiger partial charge in [-0.25, -0.2) is 0 Å². The Hall–Kier alpha value is -3.32. The Kier molecular flexibility index (Phi) is 5.48. The van der Waals surface area contributed by atoms with Gasteiger partial charge in [0.1, 0.15) is 0 Å². The van der Waals surface area contributed by atoms with Gasteiger partial charge in [-0.1, -0.05) is 60.3 Å². The lowest BCUT2D eigenvalue weighted by Crippen LogP contribution is -2.15. The van der Waals surface area contributed by atoms with Crippen molar-refractivity contribution in [2.45, 2.75) is 18.6 Å². The number of nitrogens with one attached hydrogen (secondary N) is 1. The third-order valence-corrected chi connectivity index (χ3v) is 5.54. The average Bonchev–Trinajstić information content (AvgIpc) is 3.15. The molecule has 0 radical (unpaired) electrons. The highest BCUT2D eigenvalue weighted by Gasteiger charge is 2.15. The first kappa shape index (κ1) is 19.0. The standard InChI is InChI=1S/C22H21N5OS/c1-2-27-21(16-9-5-10-17(23)13-16)25-26-22(27)29-14-20(28)24-19-12-6-8-15-7-3-4-11-18(15)19/h3-13H,2,14,23H2,1H3,(H,24,28). The zero-order chi connectivity index (χ0) is 20.2. The molecule has 0 aliphatic rings. The number of hydrogen-bond acceptors (Lipinski definition) is 5. The van der Waals surface area contributed by atoms with Crippen molar-refractivity contribution in [1.82, 2.24) is 14.8 Å². The summed E-state index contributed by atoms with van der Waals surface area (Å²) in [6.07, 6.45) is 0. The van der Waals surface area contributed by atoms with Gasteiger partial charge in [-0.3, -0.25) is 4.79 Å². The van der Waals surface area contributed by atoms with E-state index in [1.807, 2.05) is 78.2 Å². The van der Waals surface area contributed by atoms with Crippen LogP contribution in [0.2, 0.25) is 0 Å². The van der Waals surface area contributed by atoms with Gasteiger partial charge in [0.25, 0.3) is 0 Å². The molecule has 146 valence electrons. The first-order chi connectivity index (χ1) is 14.2. The monoisotopic (exact) mass is 403 g/mol. The molecular formula is C22H21N5OS. The molecule has 1 aromatic heterocycles. The number of nitrogen functional groups attached to an aromatic ring is 1. The molecule has 29 heavy (non-hydrogen) atoms. The molecule has 4 rings (SSSR count). The quantitative estimate of drug-likeness (QED) is 0.367. The van der Waals surface area contributed by atoms with Gasteiger partial charge in [0.05, 0.1) is 5.75 Å². The minimum absolute atomic E-state index is 0.0810. The van der Waals surface area contributed by atoms with Crippen molar-refractivity contribution in [2.24, 2.45) is 0 Å². The summed E-state index contributed by atoms with van der Waals surface area (Å²) in [6, 6.07) is 21.4. The number of thioether (sulfide) groups is 1. The third-order valence-electron chi connectivity index (χ3n) is 4.57. The Labute approximate surface area is 173 Å². The molecule has 0 aliphatic carbocycles. The number of rotatable bonds is 6. The highest BCUT2D eigenvalue weighted by atomic mass is 32.2. The number of nitrogens with two attached hydrogens (primary N) is 1. The molecule has 0 saturated heterocycles. The fraction of sp³-hybridized carbons (Fsp3) is 0.136. The van der Waals surface area contributed by atoms with Gasteiger partial charge in [-0.05, 0) is 30.5 Å². The molecule has 0 aliphatic heterocycles. The molecule has 0 saturated carbocycles. The maximum absolute atomic E-state index is 12.5. The highest BCUT2D eigenvalue weighted by Crippen LogP contribution is 2.26. The summed E-state index contributed by atoms with van der Waals surface area (Å²) in [5.74, 6) is 0.914. The summed E-state index contributed by atoms with van der Waals surface area (Å²) in [4.78, 5) is 12.5. The average molecular weight is 404 g/mol. The number of carbonyl (C=O) groups is 1. The Morgan fingerprint density at radius 1 is 1.07 bits per heavy atom. The maximum atomic E-state index is 12.5. The number of benzene rings is 3. The van der Waals surface area contributed by atoms with E-state index in [0.29, 0.717) is 17.4 Å². The lowest BCUT2D eigenvalue weighted by Gasteiger charge is -2.09. The van der Waals surface area contributed by atoms with Gasteiger partial charge < -0.3 is 15.6 Å². The number of amides is 1. The van der Waals surface area contributed by atoms with E-state index in [4.69, 9.17) is 5.73 Å². The van der Waals surface area contributed by atoms with E-state index < -0.39 is 0 Å². The van der Waals surface area contributed by atoms with Crippen LogP contribution in [-0.2, 0) is 11.3 Å². The van der Waals surface area contributed by atoms with Crippen molar-refractivity contribution in [3.63, 3.8) is 0 Å². The molecule has 1 amide bonds. The second kappa shape index (κ2) is 8.36.